The zero-order chi connectivity index (χ0) is 14.3. The summed E-state index contributed by atoms with van der Waals surface area (Å²) in [4.78, 5) is 12.3. The van der Waals surface area contributed by atoms with Crippen LogP contribution in [0.3, 0.4) is 0 Å². The molecule has 0 atom stereocenters. The third kappa shape index (κ3) is 1.96. The fourth-order valence-electron chi connectivity index (χ4n) is 2.36. The maximum Gasteiger partial charge on any atom is 0.189 e. The number of phenols is 2. The smallest absolute Gasteiger partial charge is 0.189 e. The van der Waals surface area contributed by atoms with Gasteiger partial charge in [0, 0.05) is 28.1 Å². The molecule has 0 spiro atoms. The molecule has 2 aromatic rings. The van der Waals surface area contributed by atoms with Gasteiger partial charge in [0.15, 0.2) is 17.3 Å². The molecular formula is C16H11ClO3. The molecule has 0 saturated carbocycles. The van der Waals surface area contributed by atoms with Crippen molar-refractivity contribution in [3.05, 3.63) is 63.7 Å². The van der Waals surface area contributed by atoms with Crippen molar-refractivity contribution in [2.24, 2.45) is 0 Å². The van der Waals surface area contributed by atoms with Gasteiger partial charge in [-0.3, -0.25) is 4.79 Å². The average molecular weight is 287 g/mol. The van der Waals surface area contributed by atoms with Gasteiger partial charge >= 0.3 is 0 Å². The number of phenolic OH excluding ortho intramolecular Hbond substituents is 2. The standard InChI is InChI=1S/C16H11ClO3/c17-13-4-2-1-3-9(13)7-10-8-12-11(15(10)19)5-6-14(18)16(12)20/h1-7,18,20H,8H2. The first-order valence-electron chi connectivity index (χ1n) is 6.11. The number of fused-ring (bicyclic) bond motifs is 1. The van der Waals surface area contributed by atoms with Gasteiger partial charge in [0.05, 0.1) is 0 Å². The Bertz CT molecular complexity index is 747. The fourth-order valence-corrected chi connectivity index (χ4v) is 2.55. The van der Waals surface area contributed by atoms with Crippen molar-refractivity contribution in [3.8, 4) is 11.5 Å². The predicted octanol–water partition coefficient (Wildman–Crippen LogP) is 3.57. The average Bonchev–Trinajstić information content (AvgIpc) is 2.75. The monoisotopic (exact) mass is 286 g/mol. The number of benzene rings is 2. The van der Waals surface area contributed by atoms with Crippen LogP contribution in [-0.2, 0) is 6.42 Å². The third-order valence-electron chi connectivity index (χ3n) is 3.40. The SMILES string of the molecule is O=C1C(=Cc2ccccc2Cl)Cc2c1ccc(O)c2O. The van der Waals surface area contributed by atoms with Crippen molar-refractivity contribution in [2.45, 2.75) is 6.42 Å². The Morgan fingerprint density at radius 3 is 2.60 bits per heavy atom. The van der Waals surface area contributed by atoms with Crippen LogP contribution in [-0.4, -0.2) is 16.0 Å². The van der Waals surface area contributed by atoms with Gasteiger partial charge in [0.1, 0.15) is 0 Å². The van der Waals surface area contributed by atoms with Crippen LogP contribution in [0, 0.1) is 0 Å². The van der Waals surface area contributed by atoms with Gasteiger partial charge in [-0.2, -0.15) is 0 Å². The summed E-state index contributed by atoms with van der Waals surface area (Å²) in [7, 11) is 0. The minimum atomic E-state index is -0.224. The van der Waals surface area contributed by atoms with Crippen LogP contribution in [0.25, 0.3) is 6.08 Å². The normalized spacial score (nSPS) is 15.7. The van der Waals surface area contributed by atoms with E-state index in [-0.39, 0.29) is 17.3 Å². The van der Waals surface area contributed by atoms with E-state index in [2.05, 4.69) is 0 Å². The zero-order valence-corrected chi connectivity index (χ0v) is 11.2. The molecule has 1 aliphatic rings. The summed E-state index contributed by atoms with van der Waals surface area (Å²) in [5, 5.41) is 19.9. The molecule has 20 heavy (non-hydrogen) atoms. The van der Waals surface area contributed by atoms with Crippen LogP contribution >= 0.6 is 11.6 Å². The molecule has 0 bridgehead atoms. The molecule has 100 valence electrons. The molecule has 3 rings (SSSR count). The van der Waals surface area contributed by atoms with Gasteiger partial charge in [-0.1, -0.05) is 29.8 Å². The fraction of sp³-hybridized carbons (Fsp3) is 0.0625. The molecule has 3 nitrogen and oxygen atoms in total. The van der Waals surface area contributed by atoms with E-state index < -0.39 is 0 Å². The predicted molar refractivity (Wildman–Crippen MR) is 77.2 cm³/mol. The maximum absolute atomic E-state index is 12.3. The van der Waals surface area contributed by atoms with Gasteiger partial charge in [0.2, 0.25) is 0 Å². The highest BCUT2D eigenvalue weighted by Gasteiger charge is 2.28. The van der Waals surface area contributed by atoms with Crippen LogP contribution < -0.4 is 0 Å². The summed E-state index contributed by atoms with van der Waals surface area (Å²) in [6.45, 7) is 0. The number of hydrogen-bond acceptors (Lipinski definition) is 3. The highest BCUT2D eigenvalue weighted by atomic mass is 35.5. The number of carbonyl (C=O) groups excluding carboxylic acids is 1. The Labute approximate surface area is 120 Å². The number of allylic oxidation sites excluding steroid dienone is 1. The molecule has 0 unspecified atom stereocenters. The molecular weight excluding hydrogens is 276 g/mol. The second-order valence-electron chi connectivity index (χ2n) is 4.66. The minimum Gasteiger partial charge on any atom is -0.504 e. The van der Waals surface area contributed by atoms with Crippen LogP contribution in [0.4, 0.5) is 0 Å². The molecule has 0 amide bonds. The van der Waals surface area contributed by atoms with E-state index in [9.17, 15) is 15.0 Å². The molecule has 1 aliphatic carbocycles. The second-order valence-corrected chi connectivity index (χ2v) is 5.06. The van der Waals surface area contributed by atoms with E-state index in [1.54, 1.807) is 12.1 Å². The van der Waals surface area contributed by atoms with E-state index in [0.717, 1.165) is 5.56 Å². The van der Waals surface area contributed by atoms with Crippen molar-refractivity contribution in [1.29, 1.82) is 0 Å². The Balaban J connectivity index is 2.07. The van der Waals surface area contributed by atoms with Crippen molar-refractivity contribution >= 4 is 23.5 Å². The number of aromatic hydroxyl groups is 2. The first-order valence-corrected chi connectivity index (χ1v) is 6.49. The molecule has 0 radical (unpaired) electrons. The quantitative estimate of drug-likeness (QED) is 0.622. The van der Waals surface area contributed by atoms with E-state index in [1.165, 1.54) is 12.1 Å². The summed E-state index contributed by atoms with van der Waals surface area (Å²) in [5.41, 5.74) is 2.20. The van der Waals surface area contributed by atoms with Gasteiger partial charge in [-0.15, -0.1) is 0 Å². The van der Waals surface area contributed by atoms with Crippen LogP contribution in [0.1, 0.15) is 21.5 Å². The number of ketones is 1. The highest BCUT2D eigenvalue weighted by molar-refractivity contribution is 6.32. The Morgan fingerprint density at radius 1 is 1.10 bits per heavy atom. The Kier molecular flexibility index (Phi) is 2.99. The molecule has 2 aromatic carbocycles. The van der Waals surface area contributed by atoms with Crippen molar-refractivity contribution in [1.82, 2.24) is 0 Å². The van der Waals surface area contributed by atoms with Crippen LogP contribution in [0.5, 0.6) is 11.5 Å². The summed E-state index contributed by atoms with van der Waals surface area (Å²) >= 11 is 6.07. The molecule has 0 aromatic heterocycles. The van der Waals surface area contributed by atoms with Crippen molar-refractivity contribution in [3.63, 3.8) is 0 Å². The summed E-state index contributed by atoms with van der Waals surface area (Å²) < 4.78 is 0. The first kappa shape index (κ1) is 12.8. The van der Waals surface area contributed by atoms with E-state index >= 15 is 0 Å². The lowest BCUT2D eigenvalue weighted by molar-refractivity contribution is 0.104. The number of hydrogen-bond donors (Lipinski definition) is 2. The zero-order valence-electron chi connectivity index (χ0n) is 10.4. The second kappa shape index (κ2) is 4.69. The van der Waals surface area contributed by atoms with Crippen LogP contribution in [0.15, 0.2) is 42.0 Å². The lowest BCUT2D eigenvalue weighted by atomic mass is 10.1. The lowest BCUT2D eigenvalue weighted by Gasteiger charge is -2.02. The molecule has 2 N–H and O–H groups in total. The topological polar surface area (TPSA) is 57.5 Å². The number of Topliss-reactive ketones (excluding diaryl/α,β-unsaturated/α-hetero) is 1. The largest absolute Gasteiger partial charge is 0.504 e. The van der Waals surface area contributed by atoms with E-state index in [1.807, 2.05) is 18.2 Å². The minimum absolute atomic E-state index is 0.143. The van der Waals surface area contributed by atoms with Gasteiger partial charge < -0.3 is 10.2 Å². The van der Waals surface area contributed by atoms with E-state index in [4.69, 9.17) is 11.6 Å². The third-order valence-corrected chi connectivity index (χ3v) is 3.74. The molecule has 0 aliphatic heterocycles. The van der Waals surface area contributed by atoms with Crippen molar-refractivity contribution in [2.75, 3.05) is 0 Å². The summed E-state index contributed by atoms with van der Waals surface area (Å²) in [5.74, 6) is -0.579. The Hall–Kier alpha value is -2.26. The molecule has 0 heterocycles. The summed E-state index contributed by atoms with van der Waals surface area (Å²) in [6.07, 6.45) is 2.01. The van der Waals surface area contributed by atoms with E-state index in [0.29, 0.717) is 28.1 Å². The van der Waals surface area contributed by atoms with Crippen molar-refractivity contribution < 1.29 is 15.0 Å². The molecule has 0 saturated heterocycles. The number of carbonyl (C=O) groups is 1. The number of halogens is 1. The number of rotatable bonds is 1. The van der Waals surface area contributed by atoms with Crippen LogP contribution in [0.2, 0.25) is 5.02 Å². The van der Waals surface area contributed by atoms with Gasteiger partial charge in [-0.05, 0) is 29.8 Å². The van der Waals surface area contributed by atoms with Gasteiger partial charge in [-0.25, -0.2) is 0 Å². The Morgan fingerprint density at radius 2 is 1.85 bits per heavy atom. The molecule has 4 heteroatoms. The first-order chi connectivity index (χ1) is 9.58. The lowest BCUT2D eigenvalue weighted by Crippen LogP contribution is -1.95. The summed E-state index contributed by atoms with van der Waals surface area (Å²) in [6, 6.07) is 10.1. The molecule has 0 fully saturated rings. The highest BCUT2D eigenvalue weighted by Crippen LogP contribution is 2.39. The van der Waals surface area contributed by atoms with Gasteiger partial charge in [0.25, 0.3) is 0 Å². The maximum atomic E-state index is 12.3.